The van der Waals surface area contributed by atoms with E-state index in [1.807, 2.05) is 73.7 Å². The lowest BCUT2D eigenvalue weighted by Crippen LogP contribution is -2.44. The fourth-order valence-electron chi connectivity index (χ4n) is 7.96. The molecule has 12 heteroatoms. The zero-order chi connectivity index (χ0) is 37.8. The van der Waals surface area contributed by atoms with Crippen molar-refractivity contribution in [2.75, 3.05) is 36.9 Å². The number of aliphatic hydroxyl groups is 1. The molecule has 1 amide bonds. The van der Waals surface area contributed by atoms with Crippen LogP contribution in [0.3, 0.4) is 0 Å². The fraction of sp³-hybridized carbons (Fsp3) is 0.381. The summed E-state index contributed by atoms with van der Waals surface area (Å²) < 4.78 is 18.4. The molecule has 2 heterocycles. The van der Waals surface area contributed by atoms with E-state index in [9.17, 15) is 19.8 Å². The summed E-state index contributed by atoms with van der Waals surface area (Å²) in [5, 5.41) is 26.2. The lowest BCUT2D eigenvalue weighted by molar-refractivity contribution is -0.156. The number of carbonyl (C=O) groups is 2. The van der Waals surface area contributed by atoms with Gasteiger partial charge in [-0.25, -0.2) is 0 Å². The SMILES string of the molecule is CN(CCCN1c2ccc(CNC[C@H](O)c3ccc(O)c(NC=O)c3)cc2OC1N)C1CCC(OC(=O)C2(C)c3ccccc3Oc3ccccc32)CC1. The van der Waals surface area contributed by atoms with E-state index < -0.39 is 17.9 Å². The number of phenolic OH excluding ortho intramolecular Hbond substituents is 1. The van der Waals surface area contributed by atoms with Crippen LogP contribution in [0.15, 0.2) is 84.9 Å². The Hall–Kier alpha value is -5.14. The van der Waals surface area contributed by atoms with Gasteiger partial charge in [0.2, 0.25) is 12.8 Å². The number of amides is 1. The van der Waals surface area contributed by atoms with Crippen molar-refractivity contribution in [1.29, 1.82) is 0 Å². The molecule has 0 aromatic heterocycles. The Bertz CT molecular complexity index is 1920. The number of hydrogen-bond donors (Lipinski definition) is 5. The van der Waals surface area contributed by atoms with Gasteiger partial charge in [0.1, 0.15) is 34.5 Å². The maximum atomic E-state index is 13.9. The number of ether oxygens (including phenoxy) is 3. The van der Waals surface area contributed by atoms with E-state index in [-0.39, 0.29) is 30.1 Å². The van der Waals surface area contributed by atoms with Gasteiger partial charge in [-0.2, -0.15) is 0 Å². The molecule has 12 nitrogen and oxygen atoms in total. The van der Waals surface area contributed by atoms with Crippen molar-refractivity contribution in [2.45, 2.75) is 75.6 Å². The van der Waals surface area contributed by atoms with Crippen LogP contribution >= 0.6 is 0 Å². The molecule has 2 atom stereocenters. The Morgan fingerprint density at radius 1 is 1.02 bits per heavy atom. The monoisotopic (exact) mass is 735 g/mol. The van der Waals surface area contributed by atoms with Crippen molar-refractivity contribution in [2.24, 2.45) is 5.73 Å². The average Bonchev–Trinajstić information content (AvgIpc) is 3.49. The molecule has 2 aliphatic heterocycles. The highest BCUT2D eigenvalue weighted by Gasteiger charge is 2.46. The minimum Gasteiger partial charge on any atom is -0.506 e. The predicted molar refractivity (Wildman–Crippen MR) is 206 cm³/mol. The second kappa shape index (κ2) is 16.1. The molecule has 1 fully saturated rings. The number of fused-ring (bicyclic) bond motifs is 3. The summed E-state index contributed by atoms with van der Waals surface area (Å²) in [6.45, 7) is 4.37. The molecular formula is C42H49N5O7. The first-order valence-electron chi connectivity index (χ1n) is 18.7. The van der Waals surface area contributed by atoms with Crippen LogP contribution in [0.2, 0.25) is 0 Å². The molecule has 1 aliphatic carbocycles. The number of hydrogen-bond acceptors (Lipinski definition) is 11. The first-order chi connectivity index (χ1) is 26.1. The van der Waals surface area contributed by atoms with E-state index in [1.165, 1.54) is 6.07 Å². The molecule has 54 heavy (non-hydrogen) atoms. The molecule has 284 valence electrons. The Morgan fingerprint density at radius 2 is 1.72 bits per heavy atom. The normalized spacial score (nSPS) is 20.2. The maximum absolute atomic E-state index is 13.9. The highest BCUT2D eigenvalue weighted by atomic mass is 16.5. The van der Waals surface area contributed by atoms with Gasteiger partial charge in [0.05, 0.1) is 17.5 Å². The number of anilines is 2. The summed E-state index contributed by atoms with van der Waals surface area (Å²) in [5.41, 5.74) is 9.88. The van der Waals surface area contributed by atoms with Gasteiger partial charge in [-0.1, -0.05) is 48.5 Å². The van der Waals surface area contributed by atoms with Crippen LogP contribution in [0.25, 0.3) is 0 Å². The molecule has 4 aromatic rings. The second-order valence-electron chi connectivity index (χ2n) is 14.6. The summed E-state index contributed by atoms with van der Waals surface area (Å²) in [6, 6.07) is 26.5. The van der Waals surface area contributed by atoms with Crippen molar-refractivity contribution < 1.29 is 34.0 Å². The summed E-state index contributed by atoms with van der Waals surface area (Å²) in [7, 11) is 2.17. The van der Waals surface area contributed by atoms with Gasteiger partial charge in [0.15, 0.2) is 0 Å². The quantitative estimate of drug-likeness (QED) is 0.0632. The average molecular weight is 736 g/mol. The molecule has 7 rings (SSSR count). The molecule has 3 aliphatic rings. The Kier molecular flexibility index (Phi) is 11.1. The largest absolute Gasteiger partial charge is 0.506 e. The number of phenols is 1. The number of para-hydroxylation sites is 2. The number of nitrogens with zero attached hydrogens (tertiary/aromatic N) is 2. The van der Waals surface area contributed by atoms with Crippen molar-refractivity contribution in [1.82, 2.24) is 10.2 Å². The number of esters is 1. The zero-order valence-corrected chi connectivity index (χ0v) is 30.7. The van der Waals surface area contributed by atoms with Gasteiger partial charge >= 0.3 is 5.97 Å². The Balaban J connectivity index is 0.861. The van der Waals surface area contributed by atoms with E-state index in [4.69, 9.17) is 19.9 Å². The number of aromatic hydroxyl groups is 1. The third-order valence-corrected chi connectivity index (χ3v) is 11.1. The molecule has 6 N–H and O–H groups in total. The van der Waals surface area contributed by atoms with E-state index in [2.05, 4.69) is 27.5 Å². The number of benzene rings is 4. The first-order valence-corrected chi connectivity index (χ1v) is 18.7. The lowest BCUT2D eigenvalue weighted by Gasteiger charge is -2.38. The van der Waals surface area contributed by atoms with Crippen molar-refractivity contribution in [3.63, 3.8) is 0 Å². The van der Waals surface area contributed by atoms with Gasteiger partial charge < -0.3 is 44.9 Å². The van der Waals surface area contributed by atoms with E-state index >= 15 is 0 Å². The summed E-state index contributed by atoms with van der Waals surface area (Å²) in [6.07, 6.45) is 3.42. The predicted octanol–water partition coefficient (Wildman–Crippen LogP) is 5.51. The summed E-state index contributed by atoms with van der Waals surface area (Å²) in [4.78, 5) is 29.2. The van der Waals surface area contributed by atoms with Crippen LogP contribution < -0.4 is 30.7 Å². The molecular weight excluding hydrogens is 686 g/mol. The Morgan fingerprint density at radius 3 is 2.43 bits per heavy atom. The maximum Gasteiger partial charge on any atom is 0.321 e. The third kappa shape index (κ3) is 7.60. The molecule has 1 saturated carbocycles. The zero-order valence-electron chi connectivity index (χ0n) is 30.7. The minimum atomic E-state index is -0.946. The van der Waals surface area contributed by atoms with Crippen LogP contribution in [0, 0.1) is 0 Å². The third-order valence-electron chi connectivity index (χ3n) is 11.1. The lowest BCUT2D eigenvalue weighted by atomic mass is 9.74. The number of carbonyl (C=O) groups excluding carboxylic acids is 2. The van der Waals surface area contributed by atoms with Gasteiger partial charge in [-0.15, -0.1) is 0 Å². The molecule has 4 aromatic carbocycles. The Labute approximate surface area is 315 Å². The molecule has 0 saturated heterocycles. The number of rotatable bonds is 14. The number of nitrogens with two attached hydrogens (primary N) is 1. The van der Waals surface area contributed by atoms with Crippen molar-refractivity contribution in [3.8, 4) is 23.0 Å². The van der Waals surface area contributed by atoms with Gasteiger partial charge in [-0.05, 0) is 100 Å². The fourth-order valence-corrected chi connectivity index (χ4v) is 7.96. The highest BCUT2D eigenvalue weighted by molar-refractivity contribution is 5.90. The standard InChI is InChI=1S/C42H49N5O7/c1-42(31-8-3-5-10-37(31)53-38-11-6-4-9-32(38)42)40(51)52-30-16-14-29(15-17-30)46(2)20-7-21-47-34-18-12-27(22-39(34)54-41(47)43)24-44-25-36(50)28-13-19-35(49)33(23-28)45-26-48/h3-6,8-13,18-19,22-23,26,29-30,36,41,44,49-50H,7,14-17,20-21,24-25,43H2,1-2H3,(H,45,48)/t29?,30?,36-,41?/m0/s1. The van der Waals surface area contributed by atoms with Crippen LogP contribution in [0.5, 0.6) is 23.0 Å². The van der Waals surface area contributed by atoms with Gasteiger partial charge in [-0.3, -0.25) is 15.3 Å². The summed E-state index contributed by atoms with van der Waals surface area (Å²) >= 11 is 0. The highest BCUT2D eigenvalue weighted by Crippen LogP contribution is 2.49. The second-order valence-corrected chi connectivity index (χ2v) is 14.6. The first kappa shape index (κ1) is 37.2. The summed E-state index contributed by atoms with van der Waals surface area (Å²) in [5.74, 6) is 1.81. The van der Waals surface area contributed by atoms with Crippen molar-refractivity contribution >= 4 is 23.8 Å². The van der Waals surface area contributed by atoms with Gasteiger partial charge in [0, 0.05) is 36.8 Å². The van der Waals surface area contributed by atoms with Gasteiger partial charge in [0.25, 0.3) is 0 Å². The van der Waals surface area contributed by atoms with Crippen LogP contribution in [0.4, 0.5) is 11.4 Å². The van der Waals surface area contributed by atoms with E-state index in [0.717, 1.165) is 73.3 Å². The smallest absolute Gasteiger partial charge is 0.321 e. The van der Waals surface area contributed by atoms with E-state index in [0.29, 0.717) is 36.1 Å². The topological polar surface area (TPSA) is 159 Å². The van der Waals surface area contributed by atoms with Crippen LogP contribution in [-0.2, 0) is 26.3 Å². The minimum absolute atomic E-state index is 0.0671. The molecule has 0 bridgehead atoms. The number of aliphatic hydroxyl groups excluding tert-OH is 1. The molecule has 1 unspecified atom stereocenters. The molecule has 0 radical (unpaired) electrons. The van der Waals surface area contributed by atoms with Crippen molar-refractivity contribution in [3.05, 3.63) is 107 Å². The molecule has 0 spiro atoms. The van der Waals surface area contributed by atoms with E-state index in [1.54, 1.807) is 12.1 Å². The van der Waals surface area contributed by atoms with Crippen LogP contribution in [-0.4, -0.2) is 72.7 Å². The number of nitrogens with one attached hydrogen (secondary N) is 2. The van der Waals surface area contributed by atoms with Crippen LogP contribution in [0.1, 0.15) is 67.4 Å².